The van der Waals surface area contributed by atoms with Crippen LogP contribution >= 0.6 is 0 Å². The Morgan fingerprint density at radius 2 is 1.78 bits per heavy atom. The van der Waals surface area contributed by atoms with Gasteiger partial charge in [-0.15, -0.1) is 0 Å². The number of hydrogen-bond acceptors (Lipinski definition) is 3. The number of ether oxygens (including phenoxy) is 1. The lowest BCUT2D eigenvalue weighted by Gasteiger charge is -2.22. The fourth-order valence-corrected chi connectivity index (χ4v) is 1.33. The maximum atomic E-state index is 5.40. The lowest BCUT2D eigenvalue weighted by atomic mass is 9.92. The van der Waals surface area contributed by atoms with Crippen LogP contribution in [0.2, 0.25) is 0 Å². The largest absolute Gasteiger partial charge is 0.497 e. The predicted octanol–water partition coefficient (Wildman–Crippen LogP) is 4.14. The van der Waals surface area contributed by atoms with Crippen LogP contribution in [0, 0.1) is 5.41 Å². The molecule has 0 radical (unpaired) electrons. The fraction of sp³-hybridized carbons (Fsp3) is 0.600. The molecule has 1 aromatic rings. The third-order valence-electron chi connectivity index (χ3n) is 3.20. The summed E-state index contributed by atoms with van der Waals surface area (Å²) < 4.78 is 5.12. The second-order valence-corrected chi connectivity index (χ2v) is 5.29. The molecule has 0 saturated carbocycles. The van der Waals surface area contributed by atoms with E-state index in [9.17, 15) is 0 Å². The highest BCUT2D eigenvalue weighted by molar-refractivity contribution is 5.28. The van der Waals surface area contributed by atoms with E-state index in [1.807, 2.05) is 31.2 Å². The van der Waals surface area contributed by atoms with Gasteiger partial charge < -0.3 is 4.74 Å². The Labute approximate surface area is 110 Å². The van der Waals surface area contributed by atoms with Crippen LogP contribution in [0.5, 0.6) is 5.75 Å². The molecule has 3 heteroatoms. The molecule has 1 aromatic carbocycles. The van der Waals surface area contributed by atoms with E-state index in [4.69, 9.17) is 14.5 Å². The lowest BCUT2D eigenvalue weighted by Crippen LogP contribution is -2.18. The molecule has 0 heterocycles. The van der Waals surface area contributed by atoms with Crippen LogP contribution in [-0.2, 0) is 9.78 Å². The number of methoxy groups -OCH3 is 1. The molecular formula is C15H24O3. The molecule has 1 unspecified atom stereocenters. The highest BCUT2D eigenvalue weighted by Crippen LogP contribution is 2.23. The smallest absolute Gasteiger partial charge is 0.118 e. The summed E-state index contributed by atoms with van der Waals surface area (Å²) in [7, 11) is 1.66. The minimum Gasteiger partial charge on any atom is -0.497 e. The summed E-state index contributed by atoms with van der Waals surface area (Å²) in [6, 6.07) is 7.81. The number of rotatable bonds is 7. The van der Waals surface area contributed by atoms with Crippen molar-refractivity contribution in [2.45, 2.75) is 40.2 Å². The molecule has 0 saturated heterocycles. The van der Waals surface area contributed by atoms with Crippen molar-refractivity contribution in [1.29, 1.82) is 0 Å². The van der Waals surface area contributed by atoms with Gasteiger partial charge in [0.1, 0.15) is 11.9 Å². The Morgan fingerprint density at radius 1 is 1.17 bits per heavy atom. The van der Waals surface area contributed by atoms with Crippen molar-refractivity contribution in [2.75, 3.05) is 13.7 Å². The van der Waals surface area contributed by atoms with Crippen molar-refractivity contribution in [3.8, 4) is 5.75 Å². The summed E-state index contributed by atoms with van der Waals surface area (Å²) in [5.41, 5.74) is 1.23. The quantitative estimate of drug-likeness (QED) is 0.539. The van der Waals surface area contributed by atoms with Crippen LogP contribution in [-0.4, -0.2) is 13.7 Å². The molecule has 0 spiro atoms. The summed E-state index contributed by atoms with van der Waals surface area (Å²) in [6.07, 6.45) is 0.983. The van der Waals surface area contributed by atoms with Crippen LogP contribution in [0.4, 0.5) is 0 Å². The first kappa shape index (κ1) is 15.0. The molecule has 0 aliphatic carbocycles. The molecule has 102 valence electrons. The topological polar surface area (TPSA) is 27.7 Å². The molecule has 18 heavy (non-hydrogen) atoms. The molecule has 0 amide bonds. The Kier molecular flexibility index (Phi) is 5.63. The SMILES string of the molecule is CCC(C)(C)COOC(C)c1ccc(OC)cc1. The van der Waals surface area contributed by atoms with E-state index in [0.717, 1.165) is 17.7 Å². The molecule has 0 N–H and O–H groups in total. The van der Waals surface area contributed by atoms with Gasteiger partial charge in [-0.05, 0) is 36.5 Å². The number of benzene rings is 1. The Bertz CT molecular complexity index is 343. The van der Waals surface area contributed by atoms with Gasteiger partial charge in [0.25, 0.3) is 0 Å². The standard InChI is InChI=1S/C15H24O3/c1-6-15(3,4)11-17-18-12(2)13-7-9-14(16-5)10-8-13/h7-10,12H,6,11H2,1-5H3. The summed E-state index contributed by atoms with van der Waals surface area (Å²) in [5.74, 6) is 0.846. The third-order valence-corrected chi connectivity index (χ3v) is 3.20. The normalized spacial score (nSPS) is 13.4. The van der Waals surface area contributed by atoms with Gasteiger partial charge >= 0.3 is 0 Å². The van der Waals surface area contributed by atoms with Crippen molar-refractivity contribution in [3.05, 3.63) is 29.8 Å². The van der Waals surface area contributed by atoms with Gasteiger partial charge in [0.15, 0.2) is 0 Å². The second kappa shape index (κ2) is 6.76. The zero-order valence-corrected chi connectivity index (χ0v) is 12.0. The zero-order chi connectivity index (χ0) is 13.6. The van der Waals surface area contributed by atoms with E-state index in [2.05, 4.69) is 20.8 Å². The minimum atomic E-state index is -0.0800. The van der Waals surface area contributed by atoms with Crippen LogP contribution in [0.25, 0.3) is 0 Å². The molecule has 0 fully saturated rings. The van der Waals surface area contributed by atoms with Gasteiger partial charge in [0.05, 0.1) is 13.7 Å². The maximum Gasteiger partial charge on any atom is 0.118 e. The molecular weight excluding hydrogens is 228 g/mol. The zero-order valence-electron chi connectivity index (χ0n) is 12.0. The van der Waals surface area contributed by atoms with Gasteiger partial charge in [-0.1, -0.05) is 32.9 Å². The Balaban J connectivity index is 2.42. The Hall–Kier alpha value is -1.06. The molecule has 1 rings (SSSR count). The molecule has 0 bridgehead atoms. The van der Waals surface area contributed by atoms with Gasteiger partial charge in [0.2, 0.25) is 0 Å². The molecule has 3 nitrogen and oxygen atoms in total. The second-order valence-electron chi connectivity index (χ2n) is 5.29. The van der Waals surface area contributed by atoms with Crippen molar-refractivity contribution in [2.24, 2.45) is 5.41 Å². The van der Waals surface area contributed by atoms with Crippen molar-refractivity contribution in [3.63, 3.8) is 0 Å². The molecule has 1 atom stereocenters. The molecule has 0 aliphatic heterocycles. The summed E-state index contributed by atoms with van der Waals surface area (Å²) in [6.45, 7) is 9.05. The van der Waals surface area contributed by atoms with Gasteiger partial charge in [-0.3, -0.25) is 0 Å². The monoisotopic (exact) mass is 252 g/mol. The summed E-state index contributed by atoms with van der Waals surface area (Å²) >= 11 is 0. The highest BCUT2D eigenvalue weighted by atomic mass is 17.2. The predicted molar refractivity (Wildman–Crippen MR) is 72.5 cm³/mol. The van der Waals surface area contributed by atoms with E-state index < -0.39 is 0 Å². The van der Waals surface area contributed by atoms with Crippen LogP contribution in [0.15, 0.2) is 24.3 Å². The van der Waals surface area contributed by atoms with E-state index >= 15 is 0 Å². The maximum absolute atomic E-state index is 5.40. The van der Waals surface area contributed by atoms with E-state index in [-0.39, 0.29) is 11.5 Å². The van der Waals surface area contributed by atoms with Crippen LogP contribution < -0.4 is 4.74 Å². The van der Waals surface area contributed by atoms with E-state index in [0.29, 0.717) is 6.61 Å². The first-order valence-electron chi connectivity index (χ1n) is 6.41. The van der Waals surface area contributed by atoms with Crippen molar-refractivity contribution in [1.82, 2.24) is 0 Å². The average Bonchev–Trinajstić information content (AvgIpc) is 2.38. The van der Waals surface area contributed by atoms with Crippen LogP contribution in [0.3, 0.4) is 0 Å². The minimum absolute atomic E-state index is 0.0800. The van der Waals surface area contributed by atoms with Crippen molar-refractivity contribution < 1.29 is 14.5 Å². The van der Waals surface area contributed by atoms with Gasteiger partial charge in [-0.2, -0.15) is 0 Å². The first-order chi connectivity index (χ1) is 8.48. The van der Waals surface area contributed by atoms with Crippen LogP contribution in [0.1, 0.15) is 45.8 Å². The van der Waals surface area contributed by atoms with Crippen molar-refractivity contribution >= 4 is 0 Å². The highest BCUT2D eigenvalue weighted by Gasteiger charge is 2.17. The molecule has 0 aliphatic rings. The number of hydrogen-bond donors (Lipinski definition) is 0. The fourth-order valence-electron chi connectivity index (χ4n) is 1.33. The molecule has 0 aromatic heterocycles. The van der Waals surface area contributed by atoms with E-state index in [1.54, 1.807) is 7.11 Å². The first-order valence-corrected chi connectivity index (χ1v) is 6.41. The third kappa shape index (κ3) is 4.67. The average molecular weight is 252 g/mol. The Morgan fingerprint density at radius 3 is 2.28 bits per heavy atom. The summed E-state index contributed by atoms with van der Waals surface area (Å²) in [4.78, 5) is 10.7. The summed E-state index contributed by atoms with van der Waals surface area (Å²) in [5, 5.41) is 0. The lowest BCUT2D eigenvalue weighted by molar-refractivity contribution is -0.335. The van der Waals surface area contributed by atoms with E-state index in [1.165, 1.54) is 0 Å². The van der Waals surface area contributed by atoms with Gasteiger partial charge in [0, 0.05) is 0 Å². The van der Waals surface area contributed by atoms with Gasteiger partial charge in [-0.25, -0.2) is 9.78 Å².